The van der Waals surface area contributed by atoms with Crippen molar-refractivity contribution in [3.8, 4) is 11.5 Å². The molecule has 0 spiro atoms. The smallest absolute Gasteiger partial charge is 0.780 e. The van der Waals surface area contributed by atoms with E-state index in [2.05, 4.69) is 54.5 Å². The number of ether oxygens (including phenoxy) is 1. The topological polar surface area (TPSA) is 84.9 Å². The van der Waals surface area contributed by atoms with Gasteiger partial charge in [0.05, 0.1) is 0 Å². The summed E-state index contributed by atoms with van der Waals surface area (Å²) in [5, 5.41) is 0. The first kappa shape index (κ1) is 35.1. The van der Waals surface area contributed by atoms with Crippen LogP contribution in [0.2, 0.25) is 0 Å². The largest absolute Gasteiger partial charge is 1.00 e. The molecule has 38 heavy (non-hydrogen) atoms. The second-order valence-corrected chi connectivity index (χ2v) is 10.3. The van der Waals surface area contributed by atoms with Crippen LogP contribution in [0.1, 0.15) is 55.4 Å². The molecule has 0 aromatic heterocycles. The minimum atomic E-state index is -5.12. The number of rotatable bonds is 11. The van der Waals surface area contributed by atoms with Gasteiger partial charge in [-0.25, -0.2) is 0 Å². The van der Waals surface area contributed by atoms with E-state index in [0.717, 1.165) is 46.6 Å². The Morgan fingerprint density at radius 2 is 1.29 bits per heavy atom. The molecule has 9 heteroatoms. The van der Waals surface area contributed by atoms with Crippen molar-refractivity contribution in [2.45, 2.75) is 33.1 Å². The van der Waals surface area contributed by atoms with Gasteiger partial charge in [0.15, 0.2) is 0 Å². The van der Waals surface area contributed by atoms with Gasteiger partial charge in [-0.1, -0.05) is 69.3 Å². The zero-order valence-electron chi connectivity index (χ0n) is 23.6. The normalized spacial score (nSPS) is 11.9. The molecule has 0 bridgehead atoms. The van der Waals surface area contributed by atoms with Crippen molar-refractivity contribution >= 4 is 19.0 Å². The van der Waals surface area contributed by atoms with Gasteiger partial charge >= 0.3 is 59.1 Å². The molecule has 0 saturated heterocycles. The van der Waals surface area contributed by atoms with Crippen molar-refractivity contribution in [1.82, 2.24) is 4.90 Å². The summed E-state index contributed by atoms with van der Waals surface area (Å²) in [4.78, 5) is 24.1. The maximum absolute atomic E-state index is 11.0. The molecule has 3 aromatic carbocycles. The van der Waals surface area contributed by atoms with Gasteiger partial charge in [-0.05, 0) is 84.1 Å². The Hall–Kier alpha value is -0.890. The molecule has 0 heterocycles. The van der Waals surface area contributed by atoms with Crippen molar-refractivity contribution in [2.75, 3.05) is 27.2 Å². The van der Waals surface area contributed by atoms with E-state index in [0.29, 0.717) is 12.5 Å². The monoisotopic (exact) mass is 553 g/mol. The SMILES string of the molecule is CC/C(=C(/c1ccc(OCCN(C)C)cc1)c1ccc(OP(=O)([O-])[O-])cc1)c1ccc(C(C)C)cc1.[Na+].[Na+]. The fourth-order valence-corrected chi connectivity index (χ4v) is 4.36. The third-order valence-corrected chi connectivity index (χ3v) is 6.33. The van der Waals surface area contributed by atoms with Gasteiger partial charge in [-0.3, -0.25) is 0 Å². The zero-order valence-corrected chi connectivity index (χ0v) is 28.5. The van der Waals surface area contributed by atoms with Crippen LogP contribution in [0.25, 0.3) is 11.1 Å². The molecule has 0 N–H and O–H groups in total. The molecule has 6 nitrogen and oxygen atoms in total. The summed E-state index contributed by atoms with van der Waals surface area (Å²) >= 11 is 0. The Labute approximate surface area is 271 Å². The minimum Gasteiger partial charge on any atom is -0.780 e. The van der Waals surface area contributed by atoms with Gasteiger partial charge in [0.25, 0.3) is 0 Å². The average Bonchev–Trinajstić information content (AvgIpc) is 2.83. The summed E-state index contributed by atoms with van der Waals surface area (Å²) in [6.45, 7) is 7.89. The van der Waals surface area contributed by atoms with Crippen LogP contribution in [-0.4, -0.2) is 32.1 Å². The molecule has 0 fully saturated rings. The standard InChI is InChI=1S/C29H36NO5P.2Na/c1-6-28(23-9-7-22(8-10-23)21(2)3)29(25-13-17-27(18-14-25)35-36(31,32)33)24-11-15-26(16-12-24)34-20-19-30(4)5;;/h7-18,21H,6,19-20H2,1-5H3,(H2,31,32,33);;/q;2*+1/p-2/b29-28+;;. The van der Waals surface area contributed by atoms with Crippen LogP contribution in [-0.2, 0) is 4.57 Å². The predicted molar refractivity (Wildman–Crippen MR) is 142 cm³/mol. The van der Waals surface area contributed by atoms with E-state index in [9.17, 15) is 14.4 Å². The van der Waals surface area contributed by atoms with Crippen molar-refractivity contribution in [1.29, 1.82) is 0 Å². The third-order valence-electron chi connectivity index (χ3n) is 5.89. The van der Waals surface area contributed by atoms with E-state index in [1.165, 1.54) is 17.7 Å². The molecule has 192 valence electrons. The molecule has 0 saturated carbocycles. The zero-order chi connectivity index (χ0) is 26.3. The number of allylic oxidation sites excluding steroid dienone is 1. The summed E-state index contributed by atoms with van der Waals surface area (Å²) in [7, 11) is -1.11. The molecular weight excluding hydrogens is 519 g/mol. The molecule has 3 aromatic rings. The number of phosphoric ester groups is 1. The number of benzene rings is 3. The van der Waals surface area contributed by atoms with Crippen LogP contribution in [0.5, 0.6) is 11.5 Å². The summed E-state index contributed by atoms with van der Waals surface area (Å²) in [5.41, 5.74) is 6.46. The van der Waals surface area contributed by atoms with Crippen molar-refractivity contribution < 1.29 is 82.7 Å². The van der Waals surface area contributed by atoms with E-state index >= 15 is 0 Å². The van der Waals surface area contributed by atoms with Crippen LogP contribution < -0.4 is 78.2 Å². The van der Waals surface area contributed by atoms with E-state index < -0.39 is 7.82 Å². The van der Waals surface area contributed by atoms with Crippen molar-refractivity contribution in [2.24, 2.45) is 0 Å². The van der Waals surface area contributed by atoms with Gasteiger partial charge in [0, 0.05) is 6.54 Å². The molecule has 0 unspecified atom stereocenters. The van der Waals surface area contributed by atoms with Crippen LogP contribution in [0.4, 0.5) is 0 Å². The average molecular weight is 554 g/mol. The van der Waals surface area contributed by atoms with Gasteiger partial charge < -0.3 is 28.5 Å². The molecule has 0 aliphatic carbocycles. The van der Waals surface area contributed by atoms with Crippen LogP contribution in [0, 0.1) is 0 Å². The molecule has 0 atom stereocenters. The quantitative estimate of drug-likeness (QED) is 0.178. The van der Waals surface area contributed by atoms with Crippen LogP contribution in [0.15, 0.2) is 72.8 Å². The van der Waals surface area contributed by atoms with Crippen LogP contribution >= 0.6 is 7.82 Å². The summed E-state index contributed by atoms with van der Waals surface area (Å²) in [5.74, 6) is 1.23. The van der Waals surface area contributed by atoms with Crippen molar-refractivity contribution in [3.63, 3.8) is 0 Å². The van der Waals surface area contributed by atoms with Gasteiger partial charge in [-0.2, -0.15) is 0 Å². The number of hydrogen-bond acceptors (Lipinski definition) is 6. The second kappa shape index (κ2) is 16.4. The van der Waals surface area contributed by atoms with E-state index in [4.69, 9.17) is 4.74 Å². The van der Waals surface area contributed by atoms with E-state index in [1.807, 2.05) is 38.4 Å². The van der Waals surface area contributed by atoms with Crippen molar-refractivity contribution in [3.05, 3.63) is 95.1 Å². The van der Waals surface area contributed by atoms with Gasteiger partial charge in [0.2, 0.25) is 0 Å². The van der Waals surface area contributed by atoms with Crippen LogP contribution in [0.3, 0.4) is 0 Å². The molecule has 0 aliphatic heterocycles. The Morgan fingerprint density at radius 3 is 1.71 bits per heavy atom. The first-order valence-electron chi connectivity index (χ1n) is 12.1. The Balaban J connectivity index is 0.00000361. The molecule has 3 rings (SSSR count). The van der Waals surface area contributed by atoms with E-state index in [1.54, 1.807) is 12.1 Å². The minimum absolute atomic E-state index is 0. The van der Waals surface area contributed by atoms with Gasteiger partial charge in [-0.15, -0.1) is 0 Å². The predicted octanol–water partition coefficient (Wildman–Crippen LogP) is -0.665. The Bertz CT molecular complexity index is 1210. The number of likely N-dealkylation sites (N-methyl/N-ethyl adjacent to an activating group) is 1. The number of phosphoric acid groups is 1. The molecule has 0 aliphatic rings. The van der Waals surface area contributed by atoms with Gasteiger partial charge in [0.1, 0.15) is 25.9 Å². The maximum Gasteiger partial charge on any atom is 1.00 e. The molecule has 0 radical (unpaired) electrons. The summed E-state index contributed by atoms with van der Waals surface area (Å²) in [6.07, 6.45) is 0.784. The Kier molecular flexibility index (Phi) is 15.2. The maximum atomic E-state index is 11.0. The summed E-state index contributed by atoms with van der Waals surface area (Å²) in [6, 6.07) is 23.2. The second-order valence-electron chi connectivity index (χ2n) is 9.22. The first-order chi connectivity index (χ1) is 17.1. The van der Waals surface area contributed by atoms with E-state index in [-0.39, 0.29) is 64.9 Å². The Morgan fingerprint density at radius 1 is 0.816 bits per heavy atom. The molecule has 0 amide bonds. The fraction of sp³-hybridized carbons (Fsp3) is 0.310. The fourth-order valence-electron chi connectivity index (χ4n) is 3.99. The third kappa shape index (κ3) is 10.6. The molecular formula is C29H34NNa2O5P. The first-order valence-corrected chi connectivity index (χ1v) is 13.6. The summed E-state index contributed by atoms with van der Waals surface area (Å²) < 4.78 is 21.4. The number of nitrogens with zero attached hydrogens (tertiary/aromatic N) is 1. The number of hydrogen-bond donors (Lipinski definition) is 0.